The number of hydrogen-bond acceptors (Lipinski definition) is 4. The van der Waals surface area contributed by atoms with Crippen molar-refractivity contribution < 1.29 is 24.2 Å². The molecule has 1 aromatic carbocycles. The first-order valence-electron chi connectivity index (χ1n) is 7.62. The van der Waals surface area contributed by atoms with Gasteiger partial charge in [-0.05, 0) is 30.5 Å². The molecule has 1 heterocycles. The summed E-state index contributed by atoms with van der Waals surface area (Å²) >= 11 is 0. The summed E-state index contributed by atoms with van der Waals surface area (Å²) in [6.45, 7) is 1.27. The minimum absolute atomic E-state index is 0.107. The zero-order valence-corrected chi connectivity index (χ0v) is 13.6. The minimum Gasteiger partial charge on any atom is -0.481 e. The maximum Gasteiger partial charge on any atom is 0.313 e. The quantitative estimate of drug-likeness (QED) is 0.864. The van der Waals surface area contributed by atoms with E-state index in [4.69, 9.17) is 9.47 Å². The van der Waals surface area contributed by atoms with Crippen molar-refractivity contribution in [1.82, 2.24) is 4.90 Å². The second-order valence-corrected chi connectivity index (χ2v) is 5.98. The molecule has 0 aliphatic carbocycles. The first-order valence-corrected chi connectivity index (χ1v) is 7.62. The number of carboxylic acids is 1. The topological polar surface area (TPSA) is 76.1 Å². The maximum atomic E-state index is 12.7. The van der Waals surface area contributed by atoms with Gasteiger partial charge >= 0.3 is 5.97 Å². The Morgan fingerprint density at radius 1 is 1.30 bits per heavy atom. The van der Waals surface area contributed by atoms with E-state index in [9.17, 15) is 14.7 Å². The summed E-state index contributed by atoms with van der Waals surface area (Å²) in [6, 6.07) is 7.24. The number of likely N-dealkylation sites (tertiary alicyclic amines) is 1. The van der Waals surface area contributed by atoms with Gasteiger partial charge in [0.15, 0.2) is 0 Å². The largest absolute Gasteiger partial charge is 0.481 e. The molecule has 0 spiro atoms. The summed E-state index contributed by atoms with van der Waals surface area (Å²) in [5, 5.41) is 9.57. The Morgan fingerprint density at radius 2 is 2.09 bits per heavy atom. The number of piperidine rings is 1. The monoisotopic (exact) mass is 321 g/mol. The fourth-order valence-electron chi connectivity index (χ4n) is 3.08. The van der Waals surface area contributed by atoms with E-state index in [1.54, 1.807) is 24.1 Å². The van der Waals surface area contributed by atoms with Crippen LogP contribution in [0.5, 0.6) is 0 Å². The predicted octanol–water partition coefficient (Wildman–Crippen LogP) is 1.79. The SMILES string of the molecule is COCc1cccc(C(=O)N2CCCC(COC)(C(=O)O)C2)c1. The van der Waals surface area contributed by atoms with Crippen molar-refractivity contribution in [3.63, 3.8) is 0 Å². The molecule has 1 N–H and O–H groups in total. The highest BCUT2D eigenvalue weighted by Gasteiger charge is 2.43. The van der Waals surface area contributed by atoms with Gasteiger partial charge in [-0.3, -0.25) is 9.59 Å². The number of hydrogen-bond donors (Lipinski definition) is 1. The van der Waals surface area contributed by atoms with Crippen molar-refractivity contribution in [1.29, 1.82) is 0 Å². The van der Waals surface area contributed by atoms with Crippen LogP contribution >= 0.6 is 0 Å². The third-order valence-electron chi connectivity index (χ3n) is 4.22. The molecule has 6 heteroatoms. The number of carbonyl (C=O) groups is 2. The van der Waals surface area contributed by atoms with Crippen LogP contribution in [-0.2, 0) is 20.9 Å². The second-order valence-electron chi connectivity index (χ2n) is 5.98. The Bertz CT molecular complexity index is 570. The van der Waals surface area contributed by atoms with Gasteiger partial charge < -0.3 is 19.5 Å². The summed E-state index contributed by atoms with van der Waals surface area (Å²) in [4.78, 5) is 26.0. The third kappa shape index (κ3) is 3.89. The lowest BCUT2D eigenvalue weighted by Crippen LogP contribution is -2.52. The highest BCUT2D eigenvalue weighted by atomic mass is 16.5. The molecule has 1 amide bonds. The number of carbonyl (C=O) groups excluding carboxylic acids is 1. The van der Waals surface area contributed by atoms with Crippen LogP contribution in [-0.4, -0.2) is 55.8 Å². The van der Waals surface area contributed by atoms with E-state index in [2.05, 4.69) is 0 Å². The second kappa shape index (κ2) is 7.57. The number of methoxy groups -OCH3 is 2. The summed E-state index contributed by atoms with van der Waals surface area (Å²) in [7, 11) is 3.09. The van der Waals surface area contributed by atoms with Crippen molar-refractivity contribution in [2.75, 3.05) is 33.9 Å². The van der Waals surface area contributed by atoms with E-state index >= 15 is 0 Å². The van der Waals surface area contributed by atoms with Crippen LogP contribution in [0.1, 0.15) is 28.8 Å². The fourth-order valence-corrected chi connectivity index (χ4v) is 3.08. The first-order chi connectivity index (χ1) is 11.0. The van der Waals surface area contributed by atoms with Gasteiger partial charge in [-0.1, -0.05) is 12.1 Å². The summed E-state index contributed by atoms with van der Waals surface area (Å²) in [5.74, 6) is -1.06. The van der Waals surface area contributed by atoms with Crippen molar-refractivity contribution in [2.24, 2.45) is 5.41 Å². The number of nitrogens with zero attached hydrogens (tertiary/aromatic N) is 1. The molecule has 126 valence electrons. The van der Waals surface area contributed by atoms with Crippen molar-refractivity contribution >= 4 is 11.9 Å². The predicted molar refractivity (Wildman–Crippen MR) is 84.2 cm³/mol. The molecular weight excluding hydrogens is 298 g/mol. The Hall–Kier alpha value is -1.92. The number of ether oxygens (including phenoxy) is 2. The summed E-state index contributed by atoms with van der Waals surface area (Å²) < 4.78 is 10.2. The van der Waals surface area contributed by atoms with Crippen LogP contribution in [0.4, 0.5) is 0 Å². The molecule has 1 saturated heterocycles. The van der Waals surface area contributed by atoms with E-state index in [1.807, 2.05) is 12.1 Å². The smallest absolute Gasteiger partial charge is 0.313 e. The molecule has 1 aromatic rings. The highest BCUT2D eigenvalue weighted by molar-refractivity contribution is 5.95. The standard InChI is InChI=1S/C17H23NO5/c1-22-10-13-5-3-6-14(9-13)15(19)18-8-4-7-17(11-18,12-23-2)16(20)21/h3,5-6,9H,4,7-8,10-12H2,1-2H3,(H,20,21). The molecule has 1 fully saturated rings. The molecule has 0 aromatic heterocycles. The molecule has 6 nitrogen and oxygen atoms in total. The lowest BCUT2D eigenvalue weighted by molar-refractivity contribution is -0.155. The van der Waals surface area contributed by atoms with E-state index in [1.165, 1.54) is 7.11 Å². The number of amides is 1. The van der Waals surface area contributed by atoms with Gasteiger partial charge in [-0.25, -0.2) is 0 Å². The third-order valence-corrected chi connectivity index (χ3v) is 4.22. The van der Waals surface area contributed by atoms with Crippen LogP contribution in [0.2, 0.25) is 0 Å². The van der Waals surface area contributed by atoms with Crippen LogP contribution < -0.4 is 0 Å². The summed E-state index contributed by atoms with van der Waals surface area (Å²) in [5.41, 5.74) is 0.446. The van der Waals surface area contributed by atoms with Crippen LogP contribution in [0.25, 0.3) is 0 Å². The number of carboxylic acid groups (broad SMARTS) is 1. The van der Waals surface area contributed by atoms with Crippen LogP contribution in [0.15, 0.2) is 24.3 Å². The Labute approximate surface area is 136 Å². The van der Waals surface area contributed by atoms with Crippen molar-refractivity contribution in [3.8, 4) is 0 Å². The Balaban J connectivity index is 2.18. The van der Waals surface area contributed by atoms with Crippen molar-refractivity contribution in [3.05, 3.63) is 35.4 Å². The minimum atomic E-state index is -1.02. The molecule has 0 saturated carbocycles. The van der Waals surface area contributed by atoms with E-state index < -0.39 is 11.4 Å². The van der Waals surface area contributed by atoms with Gasteiger partial charge in [-0.15, -0.1) is 0 Å². The molecule has 1 aliphatic rings. The molecule has 1 unspecified atom stereocenters. The molecule has 0 radical (unpaired) electrons. The number of rotatable bonds is 6. The first kappa shape index (κ1) is 17.4. The van der Waals surface area contributed by atoms with Gasteiger partial charge in [0.2, 0.25) is 0 Å². The van der Waals surface area contributed by atoms with E-state index in [-0.39, 0.29) is 19.1 Å². The van der Waals surface area contributed by atoms with Crippen LogP contribution in [0.3, 0.4) is 0 Å². The number of aliphatic carboxylic acids is 1. The Morgan fingerprint density at radius 3 is 2.74 bits per heavy atom. The molecule has 0 bridgehead atoms. The highest BCUT2D eigenvalue weighted by Crippen LogP contribution is 2.31. The van der Waals surface area contributed by atoms with Crippen molar-refractivity contribution in [2.45, 2.75) is 19.4 Å². The van der Waals surface area contributed by atoms with Crippen LogP contribution in [0, 0.1) is 5.41 Å². The molecule has 1 atom stereocenters. The zero-order chi connectivity index (χ0) is 16.9. The maximum absolute atomic E-state index is 12.7. The van der Waals surface area contributed by atoms with Gasteiger partial charge in [-0.2, -0.15) is 0 Å². The van der Waals surface area contributed by atoms with E-state index in [0.29, 0.717) is 31.6 Å². The zero-order valence-electron chi connectivity index (χ0n) is 13.6. The number of benzene rings is 1. The van der Waals surface area contributed by atoms with Gasteiger partial charge in [0.05, 0.1) is 13.2 Å². The summed E-state index contributed by atoms with van der Waals surface area (Å²) in [6.07, 6.45) is 1.17. The molecule has 2 rings (SSSR count). The lowest BCUT2D eigenvalue weighted by Gasteiger charge is -2.39. The lowest BCUT2D eigenvalue weighted by atomic mass is 9.80. The average molecular weight is 321 g/mol. The van der Waals surface area contributed by atoms with Gasteiger partial charge in [0.25, 0.3) is 5.91 Å². The normalized spacial score (nSPS) is 21.2. The molecular formula is C17H23NO5. The Kier molecular flexibility index (Phi) is 5.74. The van der Waals surface area contributed by atoms with Gasteiger partial charge in [0, 0.05) is 32.9 Å². The molecule has 1 aliphatic heterocycles. The average Bonchev–Trinajstić information content (AvgIpc) is 2.55. The van der Waals surface area contributed by atoms with Gasteiger partial charge in [0.1, 0.15) is 5.41 Å². The van der Waals surface area contributed by atoms with E-state index in [0.717, 1.165) is 5.56 Å². The fraction of sp³-hybridized carbons (Fsp3) is 0.529. The molecule has 23 heavy (non-hydrogen) atoms.